The third-order valence-electron chi connectivity index (χ3n) is 3.75. The van der Waals surface area contributed by atoms with Gasteiger partial charge < -0.3 is 15.4 Å². The van der Waals surface area contributed by atoms with Crippen molar-refractivity contribution >= 4 is 16.0 Å². The summed E-state index contributed by atoms with van der Waals surface area (Å²) in [5.74, 6) is 1.23. The molecule has 1 aromatic rings. The van der Waals surface area contributed by atoms with Gasteiger partial charge >= 0.3 is 0 Å². The van der Waals surface area contributed by atoms with E-state index in [-0.39, 0.29) is 4.90 Å². The third kappa shape index (κ3) is 9.52. The van der Waals surface area contributed by atoms with Gasteiger partial charge in [-0.3, -0.25) is 4.99 Å². The Kier molecular flexibility index (Phi) is 9.92. The second-order valence-corrected chi connectivity index (χ2v) is 9.76. The molecule has 0 fully saturated rings. The quantitative estimate of drug-likeness (QED) is 0.312. The van der Waals surface area contributed by atoms with Gasteiger partial charge in [0.05, 0.1) is 11.5 Å². The molecule has 0 aliphatic carbocycles. The monoisotopic (exact) mass is 412 g/mol. The van der Waals surface area contributed by atoms with Gasteiger partial charge in [-0.1, -0.05) is 32.0 Å². The maximum absolute atomic E-state index is 12.7. The molecule has 160 valence electrons. The fourth-order valence-electron chi connectivity index (χ4n) is 2.43. The molecule has 1 rings (SSSR count). The van der Waals surface area contributed by atoms with Crippen molar-refractivity contribution in [1.29, 1.82) is 0 Å². The first-order valence-corrected chi connectivity index (χ1v) is 11.2. The zero-order chi connectivity index (χ0) is 21.2. The van der Waals surface area contributed by atoms with E-state index in [9.17, 15) is 8.42 Å². The first kappa shape index (κ1) is 24.4. The highest BCUT2D eigenvalue weighted by Crippen LogP contribution is 2.17. The van der Waals surface area contributed by atoms with Gasteiger partial charge in [0.25, 0.3) is 0 Å². The van der Waals surface area contributed by atoms with E-state index in [1.807, 2.05) is 26.8 Å². The highest BCUT2D eigenvalue weighted by atomic mass is 32.2. The van der Waals surface area contributed by atoms with E-state index in [2.05, 4.69) is 34.2 Å². The van der Waals surface area contributed by atoms with Gasteiger partial charge in [0.2, 0.25) is 10.0 Å². The van der Waals surface area contributed by atoms with Crippen LogP contribution in [-0.2, 0) is 21.3 Å². The Balaban J connectivity index is 2.62. The Bertz CT molecular complexity index is 725. The van der Waals surface area contributed by atoms with Gasteiger partial charge in [-0.15, -0.1) is 0 Å². The number of hydrogen-bond donors (Lipinski definition) is 3. The van der Waals surface area contributed by atoms with Gasteiger partial charge in [-0.25, -0.2) is 13.1 Å². The molecule has 0 atom stereocenters. The summed E-state index contributed by atoms with van der Waals surface area (Å²) in [5, 5.41) is 6.33. The van der Waals surface area contributed by atoms with Crippen molar-refractivity contribution in [2.24, 2.45) is 10.9 Å². The number of aliphatic imine (C=N–C) groups is 1. The van der Waals surface area contributed by atoms with Gasteiger partial charge in [0.15, 0.2) is 5.96 Å². The zero-order valence-corrected chi connectivity index (χ0v) is 18.8. The van der Waals surface area contributed by atoms with Gasteiger partial charge in [-0.2, -0.15) is 0 Å². The Morgan fingerprint density at radius 3 is 2.43 bits per heavy atom. The van der Waals surface area contributed by atoms with Crippen LogP contribution in [0.2, 0.25) is 0 Å². The molecule has 0 spiro atoms. The molecule has 0 radical (unpaired) electrons. The first-order valence-electron chi connectivity index (χ1n) is 9.69. The summed E-state index contributed by atoms with van der Waals surface area (Å²) in [6, 6.07) is 6.96. The summed E-state index contributed by atoms with van der Waals surface area (Å²) >= 11 is 0. The molecule has 0 saturated carbocycles. The molecule has 0 amide bonds. The molecule has 0 saturated heterocycles. The van der Waals surface area contributed by atoms with Crippen molar-refractivity contribution in [3.8, 4) is 0 Å². The number of ether oxygens (including phenoxy) is 1. The van der Waals surface area contributed by atoms with Crippen LogP contribution in [0, 0.1) is 5.92 Å². The van der Waals surface area contributed by atoms with Crippen molar-refractivity contribution in [2.45, 2.75) is 58.0 Å². The summed E-state index contributed by atoms with van der Waals surface area (Å²) < 4.78 is 33.7. The van der Waals surface area contributed by atoms with E-state index in [1.54, 1.807) is 25.2 Å². The molecule has 0 bridgehead atoms. The van der Waals surface area contributed by atoms with Gasteiger partial charge in [0.1, 0.15) is 0 Å². The number of hydrogen-bond acceptors (Lipinski definition) is 4. The number of sulfonamides is 1. The van der Waals surface area contributed by atoms with Crippen LogP contribution in [0.3, 0.4) is 0 Å². The largest absolute Gasteiger partial charge is 0.380 e. The number of nitrogens with one attached hydrogen (secondary N) is 3. The minimum absolute atomic E-state index is 0.268. The lowest BCUT2D eigenvalue weighted by molar-refractivity contribution is 0.128. The molecular weight excluding hydrogens is 376 g/mol. The number of nitrogens with zero attached hydrogens (tertiary/aromatic N) is 1. The fraction of sp³-hybridized carbons (Fsp3) is 0.650. The Labute approximate surface area is 170 Å². The normalized spacial score (nSPS) is 13.0. The van der Waals surface area contributed by atoms with E-state index in [0.717, 1.165) is 13.0 Å². The van der Waals surface area contributed by atoms with Crippen LogP contribution in [-0.4, -0.2) is 46.7 Å². The van der Waals surface area contributed by atoms with Crippen molar-refractivity contribution in [3.63, 3.8) is 0 Å². The molecule has 7 nitrogen and oxygen atoms in total. The highest BCUT2D eigenvalue weighted by Gasteiger charge is 2.24. The minimum Gasteiger partial charge on any atom is -0.380 e. The molecule has 0 heterocycles. The SMILES string of the molecule is CN=C(NCCOCCC(C)C)NCc1ccccc1S(=O)(=O)NC(C)(C)C. The number of rotatable bonds is 10. The molecule has 1 aromatic carbocycles. The van der Waals surface area contributed by atoms with E-state index in [4.69, 9.17) is 4.74 Å². The lowest BCUT2D eigenvalue weighted by Gasteiger charge is -2.22. The van der Waals surface area contributed by atoms with E-state index < -0.39 is 15.6 Å². The summed E-state index contributed by atoms with van der Waals surface area (Å²) in [5.41, 5.74) is 0.127. The van der Waals surface area contributed by atoms with Crippen LogP contribution in [0.25, 0.3) is 0 Å². The lowest BCUT2D eigenvalue weighted by atomic mass is 10.1. The zero-order valence-electron chi connectivity index (χ0n) is 18.0. The van der Waals surface area contributed by atoms with Crippen LogP contribution >= 0.6 is 0 Å². The Morgan fingerprint density at radius 2 is 1.82 bits per heavy atom. The summed E-state index contributed by atoms with van der Waals surface area (Å²) in [7, 11) is -1.93. The summed E-state index contributed by atoms with van der Waals surface area (Å²) in [4.78, 5) is 4.44. The Hall–Kier alpha value is -1.64. The van der Waals surface area contributed by atoms with E-state index >= 15 is 0 Å². The average Bonchev–Trinajstić information content (AvgIpc) is 2.58. The molecule has 0 unspecified atom stereocenters. The first-order chi connectivity index (χ1) is 13.0. The van der Waals surface area contributed by atoms with Gasteiger partial charge in [-0.05, 0) is 44.7 Å². The van der Waals surface area contributed by atoms with Gasteiger partial charge in [0, 0.05) is 32.3 Å². The number of guanidine groups is 1. The summed E-state index contributed by atoms with van der Waals surface area (Å²) in [6.45, 7) is 12.1. The second kappa shape index (κ2) is 11.4. The maximum Gasteiger partial charge on any atom is 0.241 e. The molecule has 0 aliphatic heterocycles. The maximum atomic E-state index is 12.7. The molecule has 8 heteroatoms. The topological polar surface area (TPSA) is 91.8 Å². The fourth-order valence-corrected chi connectivity index (χ4v) is 4.09. The van der Waals surface area contributed by atoms with Crippen molar-refractivity contribution in [1.82, 2.24) is 15.4 Å². The predicted octanol–water partition coefficient (Wildman–Crippen LogP) is 2.49. The predicted molar refractivity (Wildman–Crippen MR) is 115 cm³/mol. The van der Waals surface area contributed by atoms with Crippen molar-refractivity contribution in [3.05, 3.63) is 29.8 Å². The molecule has 28 heavy (non-hydrogen) atoms. The number of benzene rings is 1. The summed E-state index contributed by atoms with van der Waals surface area (Å²) in [6.07, 6.45) is 1.04. The molecule has 3 N–H and O–H groups in total. The highest BCUT2D eigenvalue weighted by molar-refractivity contribution is 7.89. The smallest absolute Gasteiger partial charge is 0.241 e. The lowest BCUT2D eigenvalue weighted by Crippen LogP contribution is -2.41. The second-order valence-electron chi connectivity index (χ2n) is 8.11. The van der Waals surface area contributed by atoms with Crippen LogP contribution in [0.4, 0.5) is 0 Å². The molecule has 0 aliphatic rings. The van der Waals surface area contributed by atoms with E-state index in [1.165, 1.54) is 0 Å². The third-order valence-corrected chi connectivity index (χ3v) is 5.61. The molecular formula is C20H36N4O3S. The molecule has 0 aromatic heterocycles. The van der Waals surface area contributed by atoms with Crippen LogP contribution in [0.15, 0.2) is 34.2 Å². The van der Waals surface area contributed by atoms with Crippen LogP contribution in [0.5, 0.6) is 0 Å². The van der Waals surface area contributed by atoms with Crippen molar-refractivity contribution < 1.29 is 13.2 Å². The van der Waals surface area contributed by atoms with Crippen LogP contribution in [0.1, 0.15) is 46.6 Å². The minimum atomic E-state index is -3.61. The standard InChI is InChI=1S/C20H36N4O3S/c1-16(2)11-13-27-14-12-22-19(21-6)23-15-17-9-7-8-10-18(17)28(25,26)24-20(3,4)5/h7-10,16,24H,11-15H2,1-6H3,(H2,21,22,23). The van der Waals surface area contributed by atoms with E-state index in [0.29, 0.717) is 37.1 Å². The Morgan fingerprint density at radius 1 is 1.14 bits per heavy atom. The van der Waals surface area contributed by atoms with Crippen molar-refractivity contribution in [2.75, 3.05) is 26.8 Å². The van der Waals surface area contributed by atoms with Crippen LogP contribution < -0.4 is 15.4 Å². The average molecular weight is 413 g/mol.